The number of aromatic nitrogens is 2. The topological polar surface area (TPSA) is 25.8 Å². The third-order valence-electron chi connectivity index (χ3n) is 6.57. The summed E-state index contributed by atoms with van der Waals surface area (Å²) in [6.45, 7) is 4.52. The summed E-state index contributed by atoms with van der Waals surface area (Å²) in [5, 5.41) is 0.840. The smallest absolute Gasteiger partial charge is 0.159 e. The molecule has 3 rings (SSSR count). The van der Waals surface area contributed by atoms with Crippen LogP contribution in [0.4, 0.5) is 0 Å². The van der Waals surface area contributed by atoms with Crippen LogP contribution in [0.15, 0.2) is 30.6 Å². The SMILES string of the molecule is CCCCCc1ccc(-c2ncc([C@H]3CC[C@H](CCCCC)CC3)cn2)cc1Cl. The van der Waals surface area contributed by atoms with E-state index in [2.05, 4.69) is 35.9 Å². The minimum Gasteiger partial charge on any atom is -0.236 e. The zero-order valence-corrected chi connectivity index (χ0v) is 19.1. The molecule has 158 valence electrons. The zero-order valence-electron chi connectivity index (χ0n) is 18.3. The van der Waals surface area contributed by atoms with Crippen molar-refractivity contribution < 1.29 is 0 Å². The fourth-order valence-electron chi connectivity index (χ4n) is 4.62. The lowest BCUT2D eigenvalue weighted by atomic mass is 9.77. The first-order chi connectivity index (χ1) is 14.2. The predicted molar refractivity (Wildman–Crippen MR) is 125 cm³/mol. The number of hydrogen-bond donors (Lipinski definition) is 0. The molecule has 2 aromatic rings. The van der Waals surface area contributed by atoms with Gasteiger partial charge in [-0.25, -0.2) is 9.97 Å². The minimum atomic E-state index is 0.635. The predicted octanol–water partition coefficient (Wildman–Crippen LogP) is 8.38. The van der Waals surface area contributed by atoms with E-state index in [0.29, 0.717) is 5.92 Å². The van der Waals surface area contributed by atoms with Gasteiger partial charge in [-0.1, -0.05) is 76.1 Å². The highest BCUT2D eigenvalue weighted by atomic mass is 35.5. The molecule has 1 aliphatic carbocycles. The van der Waals surface area contributed by atoms with Crippen molar-refractivity contribution >= 4 is 11.6 Å². The summed E-state index contributed by atoms with van der Waals surface area (Å²) in [6.07, 6.45) is 19.7. The quantitative estimate of drug-likeness (QED) is 0.366. The van der Waals surface area contributed by atoms with Gasteiger partial charge in [0.25, 0.3) is 0 Å². The molecule has 1 saturated carbocycles. The van der Waals surface area contributed by atoms with Gasteiger partial charge in [0.1, 0.15) is 0 Å². The van der Waals surface area contributed by atoms with Crippen molar-refractivity contribution in [2.75, 3.05) is 0 Å². The van der Waals surface area contributed by atoms with Gasteiger partial charge in [0, 0.05) is 23.0 Å². The van der Waals surface area contributed by atoms with Crippen LogP contribution in [0.1, 0.15) is 102 Å². The van der Waals surface area contributed by atoms with Crippen LogP contribution in [0.2, 0.25) is 5.02 Å². The van der Waals surface area contributed by atoms with E-state index >= 15 is 0 Å². The van der Waals surface area contributed by atoms with Crippen LogP contribution in [-0.2, 0) is 6.42 Å². The van der Waals surface area contributed by atoms with Crippen molar-refractivity contribution in [1.82, 2.24) is 9.97 Å². The molecular formula is C26H37ClN2. The van der Waals surface area contributed by atoms with Crippen LogP contribution >= 0.6 is 11.6 Å². The monoisotopic (exact) mass is 412 g/mol. The van der Waals surface area contributed by atoms with Crippen molar-refractivity contribution in [1.29, 1.82) is 0 Å². The first kappa shape index (κ1) is 22.3. The zero-order chi connectivity index (χ0) is 20.5. The van der Waals surface area contributed by atoms with E-state index in [1.807, 2.05) is 18.5 Å². The highest BCUT2D eigenvalue weighted by molar-refractivity contribution is 6.31. The summed E-state index contributed by atoms with van der Waals surface area (Å²) in [4.78, 5) is 9.36. The van der Waals surface area contributed by atoms with Crippen LogP contribution in [0.25, 0.3) is 11.4 Å². The molecule has 3 heteroatoms. The van der Waals surface area contributed by atoms with Crippen molar-refractivity contribution in [3.8, 4) is 11.4 Å². The molecule has 0 aliphatic heterocycles. The van der Waals surface area contributed by atoms with Crippen LogP contribution in [0.5, 0.6) is 0 Å². The van der Waals surface area contributed by atoms with Gasteiger partial charge in [0.15, 0.2) is 5.82 Å². The molecule has 0 spiro atoms. The summed E-state index contributed by atoms with van der Waals surface area (Å²) >= 11 is 6.51. The van der Waals surface area contributed by atoms with Crippen molar-refractivity contribution in [3.05, 3.63) is 46.7 Å². The summed E-state index contributed by atoms with van der Waals surface area (Å²) in [5.41, 5.74) is 3.56. The third kappa shape index (κ3) is 6.54. The van der Waals surface area contributed by atoms with E-state index in [-0.39, 0.29) is 0 Å². The second-order valence-electron chi connectivity index (χ2n) is 8.82. The molecule has 0 amide bonds. The van der Waals surface area contributed by atoms with Gasteiger partial charge in [-0.2, -0.15) is 0 Å². The minimum absolute atomic E-state index is 0.635. The molecule has 2 nitrogen and oxygen atoms in total. The molecular weight excluding hydrogens is 376 g/mol. The molecule has 1 aromatic heterocycles. The summed E-state index contributed by atoms with van der Waals surface area (Å²) in [5.74, 6) is 2.36. The first-order valence-electron chi connectivity index (χ1n) is 11.8. The first-order valence-corrected chi connectivity index (χ1v) is 12.2. The summed E-state index contributed by atoms with van der Waals surface area (Å²) in [6, 6.07) is 6.29. The Labute approximate surface area is 182 Å². The van der Waals surface area contributed by atoms with E-state index in [0.717, 1.165) is 28.7 Å². The Bertz CT molecular complexity index is 733. The largest absolute Gasteiger partial charge is 0.236 e. The average Bonchev–Trinajstić information content (AvgIpc) is 2.76. The molecule has 29 heavy (non-hydrogen) atoms. The van der Waals surface area contributed by atoms with Crippen molar-refractivity contribution in [2.24, 2.45) is 5.92 Å². The molecule has 0 unspecified atom stereocenters. The van der Waals surface area contributed by atoms with Gasteiger partial charge in [0.2, 0.25) is 0 Å². The molecule has 0 radical (unpaired) electrons. The Morgan fingerprint density at radius 2 is 1.59 bits per heavy atom. The maximum Gasteiger partial charge on any atom is 0.159 e. The molecule has 0 bridgehead atoms. The molecule has 0 atom stereocenters. The summed E-state index contributed by atoms with van der Waals surface area (Å²) < 4.78 is 0. The van der Waals surface area contributed by atoms with Crippen molar-refractivity contribution in [3.63, 3.8) is 0 Å². The molecule has 1 aromatic carbocycles. The van der Waals surface area contributed by atoms with Crippen LogP contribution in [-0.4, -0.2) is 9.97 Å². The number of hydrogen-bond acceptors (Lipinski definition) is 2. The molecule has 0 saturated heterocycles. The number of nitrogens with zero attached hydrogens (tertiary/aromatic N) is 2. The fraction of sp³-hybridized carbons (Fsp3) is 0.615. The number of rotatable bonds is 10. The standard InChI is InChI=1S/C26H37ClN2/c1-3-5-7-9-20-11-13-21(14-12-20)24-18-28-26(29-19-24)23-16-15-22(25(27)17-23)10-8-6-4-2/h15-21H,3-14H2,1-2H3/t20-,21-. The number of aryl methyl sites for hydroxylation is 1. The fourth-order valence-corrected chi connectivity index (χ4v) is 4.90. The van der Waals surface area contributed by atoms with Gasteiger partial charge in [0.05, 0.1) is 0 Å². The van der Waals surface area contributed by atoms with Crippen molar-refractivity contribution in [2.45, 2.75) is 96.8 Å². The molecule has 1 fully saturated rings. The van der Waals surface area contributed by atoms with E-state index < -0.39 is 0 Å². The van der Waals surface area contributed by atoms with Crippen LogP contribution < -0.4 is 0 Å². The molecule has 1 aliphatic rings. The number of halogens is 1. The lowest BCUT2D eigenvalue weighted by molar-refractivity contribution is 0.302. The highest BCUT2D eigenvalue weighted by Gasteiger charge is 2.22. The number of benzene rings is 1. The summed E-state index contributed by atoms with van der Waals surface area (Å²) in [7, 11) is 0. The second kappa shape index (κ2) is 11.7. The third-order valence-corrected chi connectivity index (χ3v) is 6.92. The van der Waals surface area contributed by atoms with Gasteiger partial charge in [-0.05, 0) is 67.6 Å². The van der Waals surface area contributed by atoms with E-state index in [9.17, 15) is 0 Å². The van der Waals surface area contributed by atoms with Gasteiger partial charge in [-0.15, -0.1) is 0 Å². The van der Waals surface area contributed by atoms with E-state index in [4.69, 9.17) is 11.6 Å². The Morgan fingerprint density at radius 1 is 0.897 bits per heavy atom. The van der Waals surface area contributed by atoms with Gasteiger partial charge in [-0.3, -0.25) is 0 Å². The van der Waals surface area contributed by atoms with Crippen LogP contribution in [0.3, 0.4) is 0 Å². The van der Waals surface area contributed by atoms with E-state index in [1.165, 1.54) is 81.8 Å². The normalized spacial score (nSPS) is 19.4. The molecule has 1 heterocycles. The maximum absolute atomic E-state index is 6.51. The van der Waals surface area contributed by atoms with Gasteiger partial charge >= 0.3 is 0 Å². The second-order valence-corrected chi connectivity index (χ2v) is 9.22. The van der Waals surface area contributed by atoms with Crippen LogP contribution in [0, 0.1) is 5.92 Å². The Balaban J connectivity index is 1.56. The van der Waals surface area contributed by atoms with E-state index in [1.54, 1.807) is 0 Å². The molecule has 0 N–H and O–H groups in total. The Kier molecular flexibility index (Phi) is 8.98. The maximum atomic E-state index is 6.51. The number of unbranched alkanes of at least 4 members (excludes halogenated alkanes) is 4. The van der Waals surface area contributed by atoms with Gasteiger partial charge < -0.3 is 0 Å². The lowest BCUT2D eigenvalue weighted by Gasteiger charge is -2.28. The lowest BCUT2D eigenvalue weighted by Crippen LogP contribution is -2.14. The Morgan fingerprint density at radius 3 is 2.24 bits per heavy atom. The highest BCUT2D eigenvalue weighted by Crippen LogP contribution is 2.37. The average molecular weight is 413 g/mol. The Hall–Kier alpha value is -1.41.